The van der Waals surface area contributed by atoms with E-state index in [0.29, 0.717) is 6.42 Å². The molecule has 0 unspecified atom stereocenters. The van der Waals surface area contributed by atoms with E-state index in [1.807, 2.05) is 38.2 Å². The van der Waals surface area contributed by atoms with Gasteiger partial charge in [0.25, 0.3) is 0 Å². The molecule has 2 N–H and O–H groups in total. The number of anilines is 3. The van der Waals surface area contributed by atoms with Crippen LogP contribution in [0.2, 0.25) is 0 Å². The van der Waals surface area contributed by atoms with Gasteiger partial charge in [0, 0.05) is 18.3 Å². The molecule has 0 bridgehead atoms. The number of nitrogens with zero attached hydrogens (tertiary/aromatic N) is 3. The van der Waals surface area contributed by atoms with Gasteiger partial charge in [0.15, 0.2) is 0 Å². The van der Waals surface area contributed by atoms with Crippen molar-refractivity contribution in [1.82, 2.24) is 9.97 Å². The van der Waals surface area contributed by atoms with E-state index >= 15 is 0 Å². The highest BCUT2D eigenvalue weighted by molar-refractivity contribution is 5.64. The number of nitriles is 1. The molecule has 5 nitrogen and oxygen atoms in total. The van der Waals surface area contributed by atoms with Gasteiger partial charge in [0.1, 0.15) is 18.0 Å². The predicted octanol–water partition coefficient (Wildman–Crippen LogP) is 2.64. The van der Waals surface area contributed by atoms with E-state index in [9.17, 15) is 0 Å². The summed E-state index contributed by atoms with van der Waals surface area (Å²) < 4.78 is 0. The van der Waals surface area contributed by atoms with E-state index < -0.39 is 0 Å². The van der Waals surface area contributed by atoms with Crippen molar-refractivity contribution in [3.8, 4) is 6.07 Å². The Morgan fingerprint density at radius 1 is 1.16 bits per heavy atom. The zero-order chi connectivity index (χ0) is 13.7. The zero-order valence-corrected chi connectivity index (χ0v) is 10.9. The molecular formula is C14H15N5. The van der Waals surface area contributed by atoms with Crippen molar-refractivity contribution < 1.29 is 0 Å². The lowest BCUT2D eigenvalue weighted by Crippen LogP contribution is -2.02. The molecule has 1 aromatic heterocycles. The third kappa shape index (κ3) is 2.99. The molecule has 0 aliphatic rings. The Balaban J connectivity index is 2.19. The normalized spacial score (nSPS) is 9.74. The highest BCUT2D eigenvalue weighted by atomic mass is 15.1. The number of aromatic nitrogens is 2. The maximum Gasteiger partial charge on any atom is 0.138 e. The summed E-state index contributed by atoms with van der Waals surface area (Å²) in [6, 6.07) is 9.87. The topological polar surface area (TPSA) is 73.6 Å². The van der Waals surface area contributed by atoms with Gasteiger partial charge in [0.2, 0.25) is 0 Å². The second-order valence-corrected chi connectivity index (χ2v) is 4.10. The Hall–Kier alpha value is -2.61. The third-order valence-electron chi connectivity index (χ3n) is 2.82. The van der Waals surface area contributed by atoms with Crippen LogP contribution in [0.25, 0.3) is 0 Å². The Kier molecular flexibility index (Phi) is 3.94. The molecule has 0 atom stereocenters. The summed E-state index contributed by atoms with van der Waals surface area (Å²) in [4.78, 5) is 8.37. The van der Waals surface area contributed by atoms with Crippen LogP contribution in [-0.2, 0) is 6.42 Å². The molecule has 0 spiro atoms. The van der Waals surface area contributed by atoms with Gasteiger partial charge in [-0.15, -0.1) is 0 Å². The first kappa shape index (κ1) is 12.8. The Morgan fingerprint density at radius 2 is 1.84 bits per heavy atom. The molecule has 2 rings (SSSR count). The van der Waals surface area contributed by atoms with Crippen molar-refractivity contribution in [1.29, 1.82) is 5.26 Å². The van der Waals surface area contributed by atoms with Gasteiger partial charge in [-0.2, -0.15) is 5.26 Å². The summed E-state index contributed by atoms with van der Waals surface area (Å²) in [6.07, 6.45) is 1.95. The molecule has 96 valence electrons. The van der Waals surface area contributed by atoms with E-state index in [0.717, 1.165) is 28.5 Å². The van der Waals surface area contributed by atoms with Crippen molar-refractivity contribution >= 4 is 17.3 Å². The predicted molar refractivity (Wildman–Crippen MR) is 75.4 cm³/mol. The molecule has 0 saturated carbocycles. The molecule has 2 aromatic rings. The lowest BCUT2D eigenvalue weighted by Gasteiger charge is -2.11. The molecule has 1 heterocycles. The maximum absolute atomic E-state index is 8.63. The Labute approximate surface area is 112 Å². The maximum atomic E-state index is 8.63. The van der Waals surface area contributed by atoms with E-state index in [1.165, 1.54) is 6.33 Å². The molecule has 0 amide bonds. The van der Waals surface area contributed by atoms with E-state index in [4.69, 9.17) is 5.26 Å². The summed E-state index contributed by atoms with van der Waals surface area (Å²) in [7, 11) is 1.83. The summed E-state index contributed by atoms with van der Waals surface area (Å²) in [5.41, 5.74) is 2.90. The fourth-order valence-corrected chi connectivity index (χ4v) is 1.76. The van der Waals surface area contributed by atoms with E-state index in [2.05, 4.69) is 26.7 Å². The first-order valence-corrected chi connectivity index (χ1v) is 5.97. The van der Waals surface area contributed by atoms with Gasteiger partial charge in [-0.25, -0.2) is 9.97 Å². The molecule has 0 aliphatic heterocycles. The Morgan fingerprint density at radius 3 is 2.47 bits per heavy atom. The second-order valence-electron chi connectivity index (χ2n) is 4.10. The zero-order valence-electron chi connectivity index (χ0n) is 10.9. The number of rotatable bonds is 4. The highest BCUT2D eigenvalue weighted by Crippen LogP contribution is 2.22. The van der Waals surface area contributed by atoms with Crippen LogP contribution in [0.3, 0.4) is 0 Å². The van der Waals surface area contributed by atoms with Crippen LogP contribution in [0.5, 0.6) is 0 Å². The molecule has 5 heteroatoms. The standard InChI is InChI=1S/C14H15N5/c1-10-13(16-2)17-9-18-14(10)19-12-5-3-11(4-6-12)7-8-15/h3-6,9H,7H2,1-2H3,(H2,16,17,18,19). The number of nitrogens with one attached hydrogen (secondary N) is 2. The largest absolute Gasteiger partial charge is 0.373 e. The highest BCUT2D eigenvalue weighted by Gasteiger charge is 2.05. The van der Waals surface area contributed by atoms with Crippen LogP contribution in [0.4, 0.5) is 17.3 Å². The van der Waals surface area contributed by atoms with Crippen LogP contribution in [0, 0.1) is 18.3 Å². The number of hydrogen-bond acceptors (Lipinski definition) is 5. The molecule has 19 heavy (non-hydrogen) atoms. The van der Waals surface area contributed by atoms with Crippen LogP contribution in [0.1, 0.15) is 11.1 Å². The van der Waals surface area contributed by atoms with Crippen molar-refractivity contribution in [2.24, 2.45) is 0 Å². The van der Waals surface area contributed by atoms with Gasteiger partial charge in [-0.3, -0.25) is 0 Å². The number of hydrogen-bond donors (Lipinski definition) is 2. The molecular weight excluding hydrogens is 238 g/mol. The first-order chi connectivity index (χ1) is 9.24. The molecule has 1 aromatic carbocycles. The second kappa shape index (κ2) is 5.83. The summed E-state index contributed by atoms with van der Waals surface area (Å²) >= 11 is 0. The van der Waals surface area contributed by atoms with E-state index in [1.54, 1.807) is 0 Å². The summed E-state index contributed by atoms with van der Waals surface area (Å²) in [5, 5.41) is 14.9. The lowest BCUT2D eigenvalue weighted by atomic mass is 10.1. The van der Waals surface area contributed by atoms with Crippen molar-refractivity contribution in [2.75, 3.05) is 17.7 Å². The van der Waals surface area contributed by atoms with Gasteiger partial charge in [-0.05, 0) is 24.6 Å². The SMILES string of the molecule is CNc1ncnc(Nc2ccc(CC#N)cc2)c1C. The van der Waals surface area contributed by atoms with Gasteiger partial charge >= 0.3 is 0 Å². The fourth-order valence-electron chi connectivity index (χ4n) is 1.76. The summed E-state index contributed by atoms with van der Waals surface area (Å²) in [5.74, 6) is 1.57. The van der Waals surface area contributed by atoms with Crippen LogP contribution >= 0.6 is 0 Å². The molecule has 0 saturated heterocycles. The first-order valence-electron chi connectivity index (χ1n) is 5.97. The van der Waals surface area contributed by atoms with Gasteiger partial charge in [-0.1, -0.05) is 12.1 Å². The van der Waals surface area contributed by atoms with Crippen LogP contribution < -0.4 is 10.6 Å². The monoisotopic (exact) mass is 253 g/mol. The third-order valence-corrected chi connectivity index (χ3v) is 2.82. The Bertz CT molecular complexity index is 598. The minimum absolute atomic E-state index is 0.427. The fraction of sp³-hybridized carbons (Fsp3) is 0.214. The molecule has 0 aliphatic carbocycles. The minimum Gasteiger partial charge on any atom is -0.373 e. The minimum atomic E-state index is 0.427. The molecule has 0 fully saturated rings. The summed E-state index contributed by atoms with van der Waals surface area (Å²) in [6.45, 7) is 1.96. The van der Waals surface area contributed by atoms with Crippen LogP contribution in [-0.4, -0.2) is 17.0 Å². The average molecular weight is 253 g/mol. The molecule has 0 radical (unpaired) electrons. The van der Waals surface area contributed by atoms with Crippen LogP contribution in [0.15, 0.2) is 30.6 Å². The van der Waals surface area contributed by atoms with Gasteiger partial charge in [0.05, 0.1) is 12.5 Å². The van der Waals surface area contributed by atoms with Crippen molar-refractivity contribution in [2.45, 2.75) is 13.3 Å². The smallest absolute Gasteiger partial charge is 0.138 e. The van der Waals surface area contributed by atoms with Gasteiger partial charge < -0.3 is 10.6 Å². The number of benzene rings is 1. The van der Waals surface area contributed by atoms with Crippen molar-refractivity contribution in [3.05, 3.63) is 41.7 Å². The van der Waals surface area contributed by atoms with Crippen molar-refractivity contribution in [3.63, 3.8) is 0 Å². The lowest BCUT2D eigenvalue weighted by molar-refractivity contribution is 1.12. The average Bonchev–Trinajstić information content (AvgIpc) is 2.43. The van der Waals surface area contributed by atoms with E-state index in [-0.39, 0.29) is 0 Å². The quantitative estimate of drug-likeness (QED) is 0.876.